The predicted molar refractivity (Wildman–Crippen MR) is 98.2 cm³/mol. The highest BCUT2D eigenvalue weighted by atomic mass is 16.5. The Bertz CT molecular complexity index is 626. The topological polar surface area (TPSA) is 44.7 Å². The molecule has 0 amide bonds. The van der Waals surface area contributed by atoms with Crippen molar-refractivity contribution in [2.24, 2.45) is 0 Å². The zero-order valence-electron chi connectivity index (χ0n) is 15.0. The second kappa shape index (κ2) is 8.83. The van der Waals surface area contributed by atoms with Gasteiger partial charge in [0.15, 0.2) is 0 Å². The molecule has 0 aliphatic rings. The highest BCUT2D eigenvalue weighted by Crippen LogP contribution is 2.22. The fourth-order valence-corrected chi connectivity index (χ4v) is 2.79. The maximum absolute atomic E-state index is 9.29. The molecule has 0 aliphatic carbocycles. The van der Waals surface area contributed by atoms with Crippen LogP contribution < -0.4 is 10.1 Å². The van der Waals surface area contributed by atoms with Crippen molar-refractivity contribution in [2.75, 3.05) is 27.7 Å². The summed E-state index contributed by atoms with van der Waals surface area (Å²) in [6, 6.07) is 16.8. The Kier molecular flexibility index (Phi) is 6.79. The summed E-state index contributed by atoms with van der Waals surface area (Å²) in [6.07, 6.45) is 0. The summed E-state index contributed by atoms with van der Waals surface area (Å²) in [6.45, 7) is 3.06. The zero-order valence-corrected chi connectivity index (χ0v) is 15.0. The van der Waals surface area contributed by atoms with Gasteiger partial charge in [0.05, 0.1) is 13.7 Å². The van der Waals surface area contributed by atoms with Crippen molar-refractivity contribution in [1.29, 1.82) is 0 Å². The summed E-state index contributed by atoms with van der Waals surface area (Å²) in [4.78, 5) is 2.21. The van der Waals surface area contributed by atoms with Gasteiger partial charge in [0, 0.05) is 18.6 Å². The van der Waals surface area contributed by atoms with Crippen LogP contribution in [0.25, 0.3) is 0 Å². The second-order valence-electron chi connectivity index (χ2n) is 6.29. The molecule has 0 saturated heterocycles. The van der Waals surface area contributed by atoms with Crippen molar-refractivity contribution in [3.05, 3.63) is 65.2 Å². The minimum atomic E-state index is 0.0761. The van der Waals surface area contributed by atoms with E-state index in [0.717, 1.165) is 17.9 Å². The van der Waals surface area contributed by atoms with E-state index in [9.17, 15) is 5.11 Å². The molecule has 2 rings (SSSR count). The van der Waals surface area contributed by atoms with Crippen LogP contribution in [0.5, 0.6) is 5.75 Å². The molecular weight excluding hydrogens is 300 g/mol. The molecule has 0 spiro atoms. The van der Waals surface area contributed by atoms with Gasteiger partial charge in [-0.05, 0) is 49.8 Å². The number of rotatable bonds is 8. The molecule has 2 aromatic rings. The summed E-state index contributed by atoms with van der Waals surface area (Å²) >= 11 is 0. The molecule has 0 fully saturated rings. The standard InChI is InChI=1S/C20H28N2O2/c1-15(18-7-5-6-16(12-18)14-23)21-13-20(22(2)3)17-8-10-19(24-4)11-9-17/h5-12,15,20-21,23H,13-14H2,1-4H3. The molecule has 0 aliphatic heterocycles. The summed E-state index contributed by atoms with van der Waals surface area (Å²) < 4.78 is 5.24. The van der Waals surface area contributed by atoms with Crippen LogP contribution in [0.2, 0.25) is 0 Å². The molecule has 4 nitrogen and oxygen atoms in total. The lowest BCUT2D eigenvalue weighted by Crippen LogP contribution is -2.32. The molecule has 4 heteroatoms. The monoisotopic (exact) mass is 328 g/mol. The van der Waals surface area contributed by atoms with Crippen molar-refractivity contribution >= 4 is 0 Å². The van der Waals surface area contributed by atoms with E-state index in [1.54, 1.807) is 7.11 Å². The lowest BCUT2D eigenvalue weighted by atomic mass is 10.0. The maximum atomic E-state index is 9.29. The number of nitrogens with one attached hydrogen (secondary N) is 1. The van der Waals surface area contributed by atoms with E-state index in [1.165, 1.54) is 11.1 Å². The molecule has 0 saturated carbocycles. The van der Waals surface area contributed by atoms with Crippen molar-refractivity contribution in [3.8, 4) is 5.75 Å². The lowest BCUT2D eigenvalue weighted by Gasteiger charge is -2.27. The van der Waals surface area contributed by atoms with Crippen molar-refractivity contribution in [3.63, 3.8) is 0 Å². The first-order chi connectivity index (χ1) is 11.5. The highest BCUT2D eigenvalue weighted by molar-refractivity contribution is 5.29. The third-order valence-electron chi connectivity index (χ3n) is 4.37. The van der Waals surface area contributed by atoms with Crippen LogP contribution in [-0.4, -0.2) is 37.8 Å². The van der Waals surface area contributed by atoms with Gasteiger partial charge in [0.2, 0.25) is 0 Å². The first-order valence-electron chi connectivity index (χ1n) is 8.28. The first kappa shape index (κ1) is 18.5. The number of aliphatic hydroxyl groups is 1. The molecule has 0 heterocycles. The molecular formula is C20H28N2O2. The molecule has 0 aromatic heterocycles. The minimum Gasteiger partial charge on any atom is -0.497 e. The van der Waals surface area contributed by atoms with Gasteiger partial charge in [0.25, 0.3) is 0 Å². The van der Waals surface area contributed by atoms with Crippen LogP contribution in [0.4, 0.5) is 0 Å². The minimum absolute atomic E-state index is 0.0761. The molecule has 2 atom stereocenters. The maximum Gasteiger partial charge on any atom is 0.118 e. The number of aliphatic hydroxyl groups excluding tert-OH is 1. The van der Waals surface area contributed by atoms with Gasteiger partial charge >= 0.3 is 0 Å². The summed E-state index contributed by atoms with van der Waals surface area (Å²) in [5, 5.41) is 12.9. The Morgan fingerprint density at radius 2 is 1.79 bits per heavy atom. The van der Waals surface area contributed by atoms with E-state index >= 15 is 0 Å². The largest absolute Gasteiger partial charge is 0.497 e. The average molecular weight is 328 g/mol. The summed E-state index contributed by atoms with van der Waals surface area (Å²) in [7, 11) is 5.86. The van der Waals surface area contributed by atoms with E-state index in [1.807, 2.05) is 24.3 Å². The van der Waals surface area contributed by atoms with Crippen LogP contribution in [0.15, 0.2) is 48.5 Å². The van der Waals surface area contributed by atoms with E-state index in [2.05, 4.69) is 55.5 Å². The molecule has 2 aromatic carbocycles. The third-order valence-corrected chi connectivity index (χ3v) is 4.37. The molecule has 2 unspecified atom stereocenters. The second-order valence-corrected chi connectivity index (χ2v) is 6.29. The third kappa shape index (κ3) is 4.81. The van der Waals surface area contributed by atoms with Crippen LogP contribution in [0.3, 0.4) is 0 Å². The number of methoxy groups -OCH3 is 1. The number of hydrogen-bond acceptors (Lipinski definition) is 4. The average Bonchev–Trinajstić information content (AvgIpc) is 2.62. The van der Waals surface area contributed by atoms with Crippen molar-refractivity contribution in [2.45, 2.75) is 25.6 Å². The van der Waals surface area contributed by atoms with Crippen LogP contribution in [0.1, 0.15) is 35.7 Å². The zero-order chi connectivity index (χ0) is 17.5. The van der Waals surface area contributed by atoms with Gasteiger partial charge in [-0.2, -0.15) is 0 Å². The Morgan fingerprint density at radius 1 is 1.08 bits per heavy atom. The number of benzene rings is 2. The van der Waals surface area contributed by atoms with Crippen LogP contribution >= 0.6 is 0 Å². The van der Waals surface area contributed by atoms with Crippen molar-refractivity contribution < 1.29 is 9.84 Å². The fourth-order valence-electron chi connectivity index (χ4n) is 2.79. The first-order valence-corrected chi connectivity index (χ1v) is 8.28. The van der Waals surface area contributed by atoms with Crippen LogP contribution in [-0.2, 0) is 6.61 Å². The number of ether oxygens (including phenoxy) is 1. The van der Waals surface area contributed by atoms with E-state index < -0.39 is 0 Å². The number of hydrogen-bond donors (Lipinski definition) is 2. The van der Waals surface area contributed by atoms with E-state index in [4.69, 9.17) is 4.74 Å². The van der Waals surface area contributed by atoms with Gasteiger partial charge in [-0.1, -0.05) is 36.4 Å². The van der Waals surface area contributed by atoms with Gasteiger partial charge < -0.3 is 20.1 Å². The van der Waals surface area contributed by atoms with Gasteiger partial charge in [-0.15, -0.1) is 0 Å². The molecule has 0 radical (unpaired) electrons. The van der Waals surface area contributed by atoms with Gasteiger partial charge in [-0.25, -0.2) is 0 Å². The SMILES string of the molecule is COc1ccc(C(CNC(C)c2cccc(CO)c2)N(C)C)cc1. The summed E-state index contributed by atoms with van der Waals surface area (Å²) in [5.74, 6) is 0.874. The quantitative estimate of drug-likeness (QED) is 0.781. The molecule has 2 N–H and O–H groups in total. The summed E-state index contributed by atoms with van der Waals surface area (Å²) in [5.41, 5.74) is 3.39. The highest BCUT2D eigenvalue weighted by Gasteiger charge is 2.16. The lowest BCUT2D eigenvalue weighted by molar-refractivity contribution is 0.279. The Hall–Kier alpha value is -1.88. The Labute approximate surface area is 145 Å². The Balaban J connectivity index is 2.04. The normalized spacial score (nSPS) is 13.8. The van der Waals surface area contributed by atoms with Gasteiger partial charge in [0.1, 0.15) is 5.75 Å². The number of likely N-dealkylation sites (N-methyl/N-ethyl adjacent to an activating group) is 1. The van der Waals surface area contributed by atoms with E-state index in [0.29, 0.717) is 0 Å². The molecule has 24 heavy (non-hydrogen) atoms. The van der Waals surface area contributed by atoms with Crippen LogP contribution in [0, 0.1) is 0 Å². The molecule has 130 valence electrons. The van der Waals surface area contributed by atoms with E-state index in [-0.39, 0.29) is 18.7 Å². The predicted octanol–water partition coefficient (Wildman–Crippen LogP) is 3.14. The molecule has 0 bridgehead atoms. The number of nitrogens with zero attached hydrogens (tertiary/aromatic N) is 1. The van der Waals surface area contributed by atoms with Gasteiger partial charge in [-0.3, -0.25) is 0 Å². The fraction of sp³-hybridized carbons (Fsp3) is 0.400. The van der Waals surface area contributed by atoms with Crippen molar-refractivity contribution in [1.82, 2.24) is 10.2 Å². The smallest absolute Gasteiger partial charge is 0.118 e. The Morgan fingerprint density at radius 3 is 2.38 bits per heavy atom.